The van der Waals surface area contributed by atoms with Gasteiger partial charge < -0.3 is 19.4 Å². The lowest BCUT2D eigenvalue weighted by molar-refractivity contribution is 0.0256. The monoisotopic (exact) mass is 524 g/mol. The molecule has 0 spiro atoms. The third kappa shape index (κ3) is 4.04. The number of nitriles is 1. The zero-order valence-corrected chi connectivity index (χ0v) is 22.9. The van der Waals surface area contributed by atoms with Crippen molar-refractivity contribution in [3.05, 3.63) is 58.3 Å². The zero-order chi connectivity index (χ0) is 26.7. The summed E-state index contributed by atoms with van der Waals surface area (Å²) in [5.41, 5.74) is 5.48. The average molecular weight is 525 g/mol. The number of H-pyrrole nitrogens is 1. The molecular formula is C32H36N4O3. The molecule has 3 fully saturated rings. The number of rotatable bonds is 4. The number of hydrogen-bond acceptors (Lipinski definition) is 6. The predicted molar refractivity (Wildman–Crippen MR) is 151 cm³/mol. The van der Waals surface area contributed by atoms with Crippen molar-refractivity contribution < 1.29 is 14.3 Å². The molecule has 39 heavy (non-hydrogen) atoms. The largest absolute Gasteiger partial charge is 0.488 e. The van der Waals surface area contributed by atoms with E-state index in [0.717, 1.165) is 84.2 Å². The summed E-state index contributed by atoms with van der Waals surface area (Å²) in [6.45, 7) is 9.85. The molecular weight excluding hydrogens is 488 g/mol. The highest BCUT2D eigenvalue weighted by molar-refractivity contribution is 6.20. The van der Waals surface area contributed by atoms with Crippen LogP contribution in [0, 0.1) is 11.3 Å². The van der Waals surface area contributed by atoms with Gasteiger partial charge in [0.05, 0.1) is 36.1 Å². The number of piperazine rings is 1. The summed E-state index contributed by atoms with van der Waals surface area (Å²) in [4.78, 5) is 22.8. The first kappa shape index (κ1) is 24.7. The van der Waals surface area contributed by atoms with Gasteiger partial charge in [-0.05, 0) is 42.7 Å². The van der Waals surface area contributed by atoms with Gasteiger partial charge in [0.15, 0.2) is 5.78 Å². The number of nitrogens with zero attached hydrogens (tertiary/aromatic N) is 3. The van der Waals surface area contributed by atoms with E-state index in [0.29, 0.717) is 24.3 Å². The van der Waals surface area contributed by atoms with Crippen molar-refractivity contribution in [2.45, 2.75) is 63.5 Å². The summed E-state index contributed by atoms with van der Waals surface area (Å²) in [5, 5.41) is 10.3. The molecule has 2 aliphatic heterocycles. The minimum Gasteiger partial charge on any atom is -0.488 e. The first-order chi connectivity index (χ1) is 18.9. The molecule has 7 rings (SSSR count). The van der Waals surface area contributed by atoms with Crippen molar-refractivity contribution in [3.8, 4) is 11.8 Å². The Balaban J connectivity index is 1.31. The fourth-order valence-electron chi connectivity index (χ4n) is 6.91. The van der Waals surface area contributed by atoms with E-state index in [-0.39, 0.29) is 11.9 Å². The van der Waals surface area contributed by atoms with Gasteiger partial charge in [-0.1, -0.05) is 26.3 Å². The van der Waals surface area contributed by atoms with Crippen LogP contribution in [0.4, 0.5) is 5.69 Å². The second-order valence-electron chi connectivity index (χ2n) is 12.1. The van der Waals surface area contributed by atoms with Crippen LogP contribution in [-0.4, -0.2) is 67.2 Å². The summed E-state index contributed by atoms with van der Waals surface area (Å²) in [5.74, 6) is 0.838. The van der Waals surface area contributed by atoms with Gasteiger partial charge >= 0.3 is 0 Å². The number of fused-ring (bicyclic) bond motifs is 4. The van der Waals surface area contributed by atoms with E-state index in [1.165, 1.54) is 19.3 Å². The number of aromatic nitrogens is 1. The highest BCUT2D eigenvalue weighted by Gasteiger charge is 2.41. The molecule has 2 saturated heterocycles. The second-order valence-corrected chi connectivity index (χ2v) is 12.1. The number of nitrogens with one attached hydrogen (secondary N) is 1. The molecule has 1 saturated carbocycles. The summed E-state index contributed by atoms with van der Waals surface area (Å²) in [7, 11) is 0. The summed E-state index contributed by atoms with van der Waals surface area (Å²) in [6, 6.07) is 12.8. The van der Waals surface area contributed by atoms with Crippen molar-refractivity contribution in [2.24, 2.45) is 0 Å². The Labute approximate surface area is 229 Å². The molecule has 1 aromatic heterocycles. The van der Waals surface area contributed by atoms with Gasteiger partial charge in [0.1, 0.15) is 11.9 Å². The Bertz CT molecular complexity index is 1480. The molecule has 0 atom stereocenters. The van der Waals surface area contributed by atoms with Crippen molar-refractivity contribution >= 4 is 22.4 Å². The molecule has 0 radical (unpaired) electrons. The molecule has 2 aromatic carbocycles. The van der Waals surface area contributed by atoms with E-state index in [4.69, 9.17) is 9.47 Å². The fourth-order valence-corrected chi connectivity index (χ4v) is 6.91. The summed E-state index contributed by atoms with van der Waals surface area (Å²) in [6.07, 6.45) is 5.83. The van der Waals surface area contributed by atoms with Gasteiger partial charge in [-0.2, -0.15) is 5.26 Å². The molecule has 7 heteroatoms. The van der Waals surface area contributed by atoms with Gasteiger partial charge in [0.25, 0.3) is 0 Å². The van der Waals surface area contributed by atoms with Crippen LogP contribution in [0.5, 0.6) is 5.75 Å². The van der Waals surface area contributed by atoms with Crippen LogP contribution in [0.2, 0.25) is 0 Å². The average Bonchev–Trinajstić information content (AvgIpc) is 3.32. The molecule has 0 unspecified atom stereocenters. The number of ether oxygens (including phenoxy) is 2. The standard InChI is InChI=1S/C32H36N4O3/c1-32(2)25-18-27(36-12-10-35(11-13-36)21-4-3-5-21)28(39-22-8-14-38-15-9-22)17-24(25)30(37)29-23-7-6-20(19-33)16-26(23)34-31(29)32/h6-7,16-18,21-22,34H,3-5,8-15H2,1-2H3. The molecule has 2 aliphatic carbocycles. The third-order valence-electron chi connectivity index (χ3n) is 9.50. The highest BCUT2D eigenvalue weighted by atomic mass is 16.5. The first-order valence-corrected chi connectivity index (χ1v) is 14.5. The van der Waals surface area contributed by atoms with Crippen molar-refractivity contribution in [2.75, 3.05) is 44.3 Å². The Kier molecular flexibility index (Phi) is 5.94. The minimum absolute atomic E-state index is 0.0217. The predicted octanol–water partition coefficient (Wildman–Crippen LogP) is 5.14. The SMILES string of the molecule is CC1(C)c2cc(N3CCN(C4CCC4)CC3)c(OC3CCOCC3)cc2C(=O)c2c1[nH]c1cc(C#N)ccc21. The lowest BCUT2D eigenvalue weighted by Crippen LogP contribution is -2.52. The maximum Gasteiger partial charge on any atom is 0.195 e. The van der Waals surface area contributed by atoms with Crippen molar-refractivity contribution in [3.63, 3.8) is 0 Å². The number of anilines is 1. The van der Waals surface area contributed by atoms with Gasteiger partial charge in [-0.3, -0.25) is 9.69 Å². The highest BCUT2D eigenvalue weighted by Crippen LogP contribution is 2.47. The molecule has 3 heterocycles. The topological polar surface area (TPSA) is 81.6 Å². The second kappa shape index (κ2) is 9.39. The van der Waals surface area contributed by atoms with E-state index in [1.807, 2.05) is 18.2 Å². The first-order valence-electron chi connectivity index (χ1n) is 14.5. The minimum atomic E-state index is -0.413. The van der Waals surface area contributed by atoms with Crippen LogP contribution < -0.4 is 9.64 Å². The normalized spacial score (nSPS) is 21.8. The van der Waals surface area contributed by atoms with Crippen molar-refractivity contribution in [1.82, 2.24) is 9.88 Å². The number of hydrogen-bond donors (Lipinski definition) is 1. The maximum atomic E-state index is 14.1. The van der Waals surface area contributed by atoms with Gasteiger partial charge in [-0.15, -0.1) is 0 Å². The van der Waals surface area contributed by atoms with Crippen molar-refractivity contribution in [1.29, 1.82) is 5.26 Å². The number of benzene rings is 2. The lowest BCUT2D eigenvalue weighted by atomic mass is 9.71. The van der Waals surface area contributed by atoms with E-state index in [9.17, 15) is 10.1 Å². The Morgan fingerprint density at radius 3 is 2.51 bits per heavy atom. The number of carbonyl (C=O) groups is 1. The quantitative estimate of drug-likeness (QED) is 0.509. The summed E-state index contributed by atoms with van der Waals surface area (Å²) >= 11 is 0. The molecule has 0 amide bonds. The summed E-state index contributed by atoms with van der Waals surface area (Å²) < 4.78 is 12.3. The van der Waals surface area contributed by atoms with Crippen LogP contribution in [0.3, 0.4) is 0 Å². The number of carbonyl (C=O) groups excluding carboxylic acids is 1. The lowest BCUT2D eigenvalue weighted by Gasteiger charge is -2.44. The van der Waals surface area contributed by atoms with E-state index in [1.54, 1.807) is 6.07 Å². The Morgan fingerprint density at radius 1 is 1.05 bits per heavy atom. The molecule has 3 aromatic rings. The number of aromatic amines is 1. The van der Waals surface area contributed by atoms with Gasteiger partial charge in [0, 0.05) is 72.6 Å². The van der Waals surface area contributed by atoms with E-state index >= 15 is 0 Å². The molecule has 7 nitrogen and oxygen atoms in total. The van der Waals surface area contributed by atoms with Crippen LogP contribution >= 0.6 is 0 Å². The molecule has 4 aliphatic rings. The number of ketones is 1. The molecule has 0 bridgehead atoms. The molecule has 1 N–H and O–H groups in total. The Hall–Kier alpha value is -3.34. The molecule has 202 valence electrons. The van der Waals surface area contributed by atoms with Crippen LogP contribution in [0.25, 0.3) is 10.9 Å². The van der Waals surface area contributed by atoms with Gasteiger partial charge in [-0.25, -0.2) is 0 Å². The van der Waals surface area contributed by atoms with E-state index < -0.39 is 5.41 Å². The van der Waals surface area contributed by atoms with Crippen LogP contribution in [-0.2, 0) is 10.2 Å². The Morgan fingerprint density at radius 2 is 1.82 bits per heavy atom. The van der Waals surface area contributed by atoms with E-state index in [2.05, 4.69) is 40.8 Å². The van der Waals surface area contributed by atoms with Crippen LogP contribution in [0.1, 0.15) is 78.7 Å². The maximum absolute atomic E-state index is 14.1. The zero-order valence-electron chi connectivity index (χ0n) is 22.9. The fraction of sp³-hybridized carbons (Fsp3) is 0.500. The van der Waals surface area contributed by atoms with Gasteiger partial charge in [0.2, 0.25) is 0 Å². The third-order valence-corrected chi connectivity index (χ3v) is 9.50. The smallest absolute Gasteiger partial charge is 0.195 e. The van der Waals surface area contributed by atoms with Crippen LogP contribution in [0.15, 0.2) is 30.3 Å².